The van der Waals surface area contributed by atoms with E-state index < -0.39 is 24.2 Å². The molecule has 0 spiro atoms. The Labute approximate surface area is 79.5 Å². The SMILES string of the molecule is C[C@@H](N)c1cccc(OC(F)F)c1F. The number of nitrogens with two attached hydrogens (primary N) is 1. The smallest absolute Gasteiger partial charge is 0.387 e. The zero-order valence-electron chi connectivity index (χ0n) is 7.51. The van der Waals surface area contributed by atoms with E-state index in [1.807, 2.05) is 0 Å². The second-order valence-electron chi connectivity index (χ2n) is 2.83. The average Bonchev–Trinajstić information content (AvgIpc) is 2.07. The van der Waals surface area contributed by atoms with E-state index in [4.69, 9.17) is 5.73 Å². The van der Waals surface area contributed by atoms with E-state index >= 15 is 0 Å². The van der Waals surface area contributed by atoms with Gasteiger partial charge in [-0.1, -0.05) is 12.1 Å². The van der Waals surface area contributed by atoms with Crippen molar-refractivity contribution in [2.45, 2.75) is 19.6 Å². The van der Waals surface area contributed by atoms with E-state index in [2.05, 4.69) is 4.74 Å². The third kappa shape index (κ3) is 2.38. The van der Waals surface area contributed by atoms with Crippen molar-refractivity contribution in [3.05, 3.63) is 29.6 Å². The Morgan fingerprint density at radius 1 is 1.36 bits per heavy atom. The molecule has 0 unspecified atom stereocenters. The molecule has 14 heavy (non-hydrogen) atoms. The lowest BCUT2D eigenvalue weighted by atomic mass is 10.1. The summed E-state index contributed by atoms with van der Waals surface area (Å²) in [6.45, 7) is -1.47. The van der Waals surface area contributed by atoms with Crippen molar-refractivity contribution in [2.75, 3.05) is 0 Å². The quantitative estimate of drug-likeness (QED) is 0.822. The van der Waals surface area contributed by atoms with Gasteiger partial charge in [0.05, 0.1) is 0 Å². The minimum absolute atomic E-state index is 0.156. The predicted octanol–water partition coefficient (Wildman–Crippen LogP) is 2.45. The van der Waals surface area contributed by atoms with Crippen molar-refractivity contribution in [3.8, 4) is 5.75 Å². The summed E-state index contributed by atoms with van der Waals surface area (Å²) in [4.78, 5) is 0. The van der Waals surface area contributed by atoms with E-state index in [1.165, 1.54) is 12.1 Å². The number of hydrogen-bond donors (Lipinski definition) is 1. The molecule has 0 aliphatic heterocycles. The molecule has 0 heterocycles. The molecule has 0 radical (unpaired) electrons. The van der Waals surface area contributed by atoms with Crippen LogP contribution in [0.25, 0.3) is 0 Å². The first-order chi connectivity index (χ1) is 6.52. The topological polar surface area (TPSA) is 35.2 Å². The van der Waals surface area contributed by atoms with Crippen LogP contribution in [-0.4, -0.2) is 6.61 Å². The van der Waals surface area contributed by atoms with E-state index in [0.717, 1.165) is 6.07 Å². The lowest BCUT2D eigenvalue weighted by Crippen LogP contribution is -2.10. The van der Waals surface area contributed by atoms with Crippen LogP contribution in [-0.2, 0) is 0 Å². The monoisotopic (exact) mass is 205 g/mol. The minimum Gasteiger partial charge on any atom is -0.432 e. The molecule has 0 bridgehead atoms. The Balaban J connectivity index is 3.01. The second kappa shape index (κ2) is 4.32. The highest BCUT2D eigenvalue weighted by atomic mass is 19.3. The first-order valence-electron chi connectivity index (χ1n) is 4.01. The Morgan fingerprint density at radius 3 is 2.50 bits per heavy atom. The summed E-state index contributed by atoms with van der Waals surface area (Å²) in [5.74, 6) is -1.31. The van der Waals surface area contributed by atoms with E-state index in [-0.39, 0.29) is 5.56 Å². The summed E-state index contributed by atoms with van der Waals surface area (Å²) in [5.41, 5.74) is 5.59. The molecule has 1 aromatic rings. The lowest BCUT2D eigenvalue weighted by Gasteiger charge is -2.11. The molecule has 2 nitrogen and oxygen atoms in total. The van der Waals surface area contributed by atoms with Gasteiger partial charge < -0.3 is 10.5 Å². The molecule has 78 valence electrons. The number of ether oxygens (including phenoxy) is 1. The molecule has 5 heteroatoms. The first-order valence-corrected chi connectivity index (χ1v) is 4.01. The van der Waals surface area contributed by atoms with Gasteiger partial charge in [-0.15, -0.1) is 0 Å². The molecule has 0 aliphatic rings. The molecule has 0 amide bonds. The van der Waals surface area contributed by atoms with Crippen LogP contribution in [0.1, 0.15) is 18.5 Å². The van der Waals surface area contributed by atoms with Crippen LogP contribution in [0.3, 0.4) is 0 Å². The fraction of sp³-hybridized carbons (Fsp3) is 0.333. The highest BCUT2D eigenvalue weighted by molar-refractivity contribution is 5.32. The van der Waals surface area contributed by atoms with Gasteiger partial charge in [0.2, 0.25) is 0 Å². The van der Waals surface area contributed by atoms with Crippen LogP contribution in [0.2, 0.25) is 0 Å². The maximum absolute atomic E-state index is 13.3. The van der Waals surface area contributed by atoms with Gasteiger partial charge >= 0.3 is 6.61 Å². The molecule has 1 atom stereocenters. The van der Waals surface area contributed by atoms with Gasteiger partial charge in [0.1, 0.15) is 0 Å². The van der Waals surface area contributed by atoms with Crippen molar-refractivity contribution >= 4 is 0 Å². The average molecular weight is 205 g/mol. The van der Waals surface area contributed by atoms with Gasteiger partial charge in [-0.25, -0.2) is 4.39 Å². The van der Waals surface area contributed by atoms with Crippen LogP contribution in [0.4, 0.5) is 13.2 Å². The number of benzene rings is 1. The second-order valence-corrected chi connectivity index (χ2v) is 2.83. The van der Waals surface area contributed by atoms with Crippen LogP contribution in [0, 0.1) is 5.82 Å². The van der Waals surface area contributed by atoms with Gasteiger partial charge in [0.15, 0.2) is 11.6 Å². The summed E-state index contributed by atoms with van der Waals surface area (Å²) >= 11 is 0. The highest BCUT2D eigenvalue weighted by Crippen LogP contribution is 2.25. The largest absolute Gasteiger partial charge is 0.432 e. The molecular formula is C9H10F3NO. The third-order valence-corrected chi connectivity index (χ3v) is 1.70. The molecule has 2 N–H and O–H groups in total. The van der Waals surface area contributed by atoms with Crippen molar-refractivity contribution in [2.24, 2.45) is 5.73 Å². The van der Waals surface area contributed by atoms with Gasteiger partial charge in [-0.3, -0.25) is 0 Å². The maximum Gasteiger partial charge on any atom is 0.387 e. The van der Waals surface area contributed by atoms with Crippen molar-refractivity contribution in [3.63, 3.8) is 0 Å². The number of halogens is 3. The molecule has 0 saturated heterocycles. The fourth-order valence-electron chi connectivity index (χ4n) is 1.07. The molecule has 1 rings (SSSR count). The van der Waals surface area contributed by atoms with Gasteiger partial charge in [-0.2, -0.15) is 8.78 Å². The summed E-state index contributed by atoms with van der Waals surface area (Å²) in [7, 11) is 0. The Kier molecular flexibility index (Phi) is 3.35. The molecule has 0 aliphatic carbocycles. The standard InChI is InChI=1S/C9H10F3NO/c1-5(13)6-3-2-4-7(8(6)10)14-9(11)12/h2-5,9H,13H2,1H3/t5-/m1/s1. The zero-order chi connectivity index (χ0) is 10.7. The first kappa shape index (κ1) is 10.8. The predicted molar refractivity (Wildman–Crippen MR) is 45.6 cm³/mol. The zero-order valence-corrected chi connectivity index (χ0v) is 7.51. The van der Waals surface area contributed by atoms with Crippen LogP contribution in [0.5, 0.6) is 5.75 Å². The van der Waals surface area contributed by atoms with Crippen LogP contribution >= 0.6 is 0 Å². The van der Waals surface area contributed by atoms with Crippen molar-refractivity contribution < 1.29 is 17.9 Å². The minimum atomic E-state index is -3.03. The number of alkyl halides is 2. The molecule has 0 fully saturated rings. The highest BCUT2D eigenvalue weighted by Gasteiger charge is 2.14. The molecule has 0 saturated carbocycles. The summed E-state index contributed by atoms with van der Waals surface area (Å²) in [5, 5.41) is 0. The third-order valence-electron chi connectivity index (χ3n) is 1.70. The maximum atomic E-state index is 13.3. The molecular weight excluding hydrogens is 195 g/mol. The van der Waals surface area contributed by atoms with Crippen LogP contribution < -0.4 is 10.5 Å². The van der Waals surface area contributed by atoms with Crippen molar-refractivity contribution in [1.29, 1.82) is 0 Å². The lowest BCUT2D eigenvalue weighted by molar-refractivity contribution is -0.0522. The Hall–Kier alpha value is -1.23. The van der Waals surface area contributed by atoms with E-state index in [0.29, 0.717) is 0 Å². The summed E-state index contributed by atoms with van der Waals surface area (Å²) in [6, 6.07) is 3.42. The van der Waals surface area contributed by atoms with E-state index in [9.17, 15) is 13.2 Å². The van der Waals surface area contributed by atoms with Crippen LogP contribution in [0.15, 0.2) is 18.2 Å². The van der Waals surface area contributed by atoms with Gasteiger partial charge in [-0.05, 0) is 13.0 Å². The number of hydrogen-bond acceptors (Lipinski definition) is 2. The summed E-state index contributed by atoms with van der Waals surface area (Å²) in [6.07, 6.45) is 0. The normalized spacial score (nSPS) is 13.0. The van der Waals surface area contributed by atoms with Gasteiger partial charge in [0, 0.05) is 11.6 Å². The Morgan fingerprint density at radius 2 is 2.00 bits per heavy atom. The number of rotatable bonds is 3. The fourth-order valence-corrected chi connectivity index (χ4v) is 1.07. The van der Waals surface area contributed by atoms with Crippen molar-refractivity contribution in [1.82, 2.24) is 0 Å². The summed E-state index contributed by atoms with van der Waals surface area (Å²) < 4.78 is 40.9. The molecule has 1 aromatic carbocycles. The van der Waals surface area contributed by atoms with Gasteiger partial charge in [0.25, 0.3) is 0 Å². The Bertz CT molecular complexity index is 315. The molecule has 0 aromatic heterocycles. The van der Waals surface area contributed by atoms with E-state index in [1.54, 1.807) is 6.92 Å².